The molecule has 1 heterocycles. The first-order valence-electron chi connectivity index (χ1n) is 3.71. The third-order valence-corrected chi connectivity index (χ3v) is 2.94. The Hall–Kier alpha value is -0.840. The van der Waals surface area contributed by atoms with Crippen LogP contribution in [0.25, 0.3) is 11.3 Å². The summed E-state index contributed by atoms with van der Waals surface area (Å²) < 4.78 is 7.94. The number of nitrogen functional groups attached to an aromatic ring is 1. The molecule has 6 heteroatoms. The summed E-state index contributed by atoms with van der Waals surface area (Å²) in [6.07, 6.45) is 1.61. The van der Waals surface area contributed by atoms with Gasteiger partial charge in [-0.2, -0.15) is 8.75 Å². The summed E-state index contributed by atoms with van der Waals surface area (Å²) in [5.41, 5.74) is 7.44. The van der Waals surface area contributed by atoms with Crippen molar-refractivity contribution in [2.75, 3.05) is 5.73 Å². The van der Waals surface area contributed by atoms with Gasteiger partial charge in [-0.15, -0.1) is 0 Å². The highest BCUT2D eigenvalue weighted by Crippen LogP contribution is 2.37. The number of benzene rings is 1. The van der Waals surface area contributed by atoms with E-state index in [-0.39, 0.29) is 0 Å². The molecule has 1 aromatic heterocycles. The molecule has 14 heavy (non-hydrogen) atoms. The van der Waals surface area contributed by atoms with E-state index in [9.17, 15) is 0 Å². The molecular formula is C8H5Cl2N3S. The summed E-state index contributed by atoms with van der Waals surface area (Å²) in [6.45, 7) is 0. The lowest BCUT2D eigenvalue weighted by molar-refractivity contribution is 1.49. The number of hydrogen-bond acceptors (Lipinski definition) is 4. The van der Waals surface area contributed by atoms with Gasteiger partial charge in [-0.25, -0.2) is 0 Å². The summed E-state index contributed by atoms with van der Waals surface area (Å²) in [7, 11) is 0. The Kier molecular flexibility index (Phi) is 2.58. The SMILES string of the molecule is Nc1ccc(Cl)c(-c2cnsn2)c1Cl. The highest BCUT2D eigenvalue weighted by Gasteiger charge is 2.13. The van der Waals surface area contributed by atoms with Gasteiger partial charge in [-0.1, -0.05) is 23.2 Å². The lowest BCUT2D eigenvalue weighted by Gasteiger charge is -2.05. The third kappa shape index (κ3) is 1.56. The molecule has 0 atom stereocenters. The Morgan fingerprint density at radius 3 is 2.71 bits per heavy atom. The minimum atomic E-state index is 0.421. The van der Waals surface area contributed by atoms with Gasteiger partial charge in [-0.3, -0.25) is 0 Å². The largest absolute Gasteiger partial charge is 0.398 e. The van der Waals surface area contributed by atoms with Crippen molar-refractivity contribution in [1.82, 2.24) is 8.75 Å². The summed E-state index contributed by atoms with van der Waals surface area (Å²) in [5, 5.41) is 0.946. The van der Waals surface area contributed by atoms with Gasteiger partial charge in [0.2, 0.25) is 0 Å². The van der Waals surface area contributed by atoms with Crippen molar-refractivity contribution < 1.29 is 0 Å². The average Bonchev–Trinajstić information content (AvgIpc) is 2.65. The Bertz CT molecular complexity index is 456. The van der Waals surface area contributed by atoms with Gasteiger partial charge < -0.3 is 5.73 Å². The van der Waals surface area contributed by atoms with Crippen LogP contribution in [0.5, 0.6) is 0 Å². The molecule has 72 valence electrons. The number of rotatable bonds is 1. The Labute approximate surface area is 94.8 Å². The lowest BCUT2D eigenvalue weighted by Crippen LogP contribution is -1.89. The van der Waals surface area contributed by atoms with E-state index >= 15 is 0 Å². The maximum atomic E-state index is 6.02. The highest BCUT2D eigenvalue weighted by molar-refractivity contribution is 6.99. The third-order valence-electron chi connectivity index (χ3n) is 1.74. The minimum Gasteiger partial charge on any atom is -0.398 e. The van der Waals surface area contributed by atoms with Crippen molar-refractivity contribution in [3.8, 4) is 11.3 Å². The quantitative estimate of drug-likeness (QED) is 0.786. The molecule has 0 spiro atoms. The molecule has 0 saturated heterocycles. The molecule has 1 aromatic carbocycles. The molecule has 0 aliphatic carbocycles. The van der Waals surface area contributed by atoms with Crippen LogP contribution in [0.1, 0.15) is 0 Å². The number of anilines is 1. The van der Waals surface area contributed by atoms with Gasteiger partial charge >= 0.3 is 0 Å². The van der Waals surface area contributed by atoms with Gasteiger partial charge in [0.25, 0.3) is 0 Å². The van der Waals surface area contributed by atoms with Crippen molar-refractivity contribution >= 4 is 40.6 Å². The zero-order valence-electron chi connectivity index (χ0n) is 6.87. The number of hydrogen-bond donors (Lipinski definition) is 1. The Morgan fingerprint density at radius 1 is 1.29 bits per heavy atom. The van der Waals surface area contributed by atoms with Crippen LogP contribution in [-0.4, -0.2) is 8.75 Å². The van der Waals surface area contributed by atoms with Gasteiger partial charge in [-0.05, 0) is 12.1 Å². The average molecular weight is 246 g/mol. The van der Waals surface area contributed by atoms with Crippen LogP contribution in [0.4, 0.5) is 5.69 Å². The van der Waals surface area contributed by atoms with Crippen LogP contribution >= 0.6 is 34.9 Å². The molecule has 0 unspecified atom stereocenters. The molecule has 0 fully saturated rings. The summed E-state index contributed by atoms with van der Waals surface area (Å²) in [5.74, 6) is 0. The molecule has 0 bridgehead atoms. The summed E-state index contributed by atoms with van der Waals surface area (Å²) in [4.78, 5) is 0. The number of aromatic nitrogens is 2. The summed E-state index contributed by atoms with van der Waals surface area (Å²) >= 11 is 13.1. The number of nitrogens with zero attached hydrogens (tertiary/aromatic N) is 2. The van der Waals surface area contributed by atoms with E-state index < -0.39 is 0 Å². The standard InChI is InChI=1S/C8H5Cl2N3S/c9-4-1-2-5(11)8(10)7(4)6-3-12-14-13-6/h1-3H,11H2. The van der Waals surface area contributed by atoms with E-state index in [0.717, 1.165) is 11.7 Å². The van der Waals surface area contributed by atoms with Gasteiger partial charge in [0, 0.05) is 5.56 Å². The van der Waals surface area contributed by atoms with Crippen LogP contribution < -0.4 is 5.73 Å². The molecule has 0 amide bonds. The summed E-state index contributed by atoms with van der Waals surface area (Å²) in [6, 6.07) is 3.35. The molecule has 2 rings (SSSR count). The second-order valence-electron chi connectivity index (χ2n) is 2.62. The molecule has 0 aliphatic rings. The Morgan fingerprint density at radius 2 is 2.07 bits per heavy atom. The fourth-order valence-electron chi connectivity index (χ4n) is 1.08. The predicted octanol–water partition coefficient (Wildman–Crippen LogP) is 3.09. The van der Waals surface area contributed by atoms with Crippen LogP contribution in [0, 0.1) is 0 Å². The second-order valence-corrected chi connectivity index (χ2v) is 3.96. The van der Waals surface area contributed by atoms with Crippen LogP contribution in [0.2, 0.25) is 10.0 Å². The molecule has 0 saturated carbocycles. The zero-order chi connectivity index (χ0) is 10.1. The monoisotopic (exact) mass is 245 g/mol. The fraction of sp³-hybridized carbons (Fsp3) is 0. The predicted molar refractivity (Wildman–Crippen MR) is 59.8 cm³/mol. The number of halogens is 2. The fourth-order valence-corrected chi connectivity index (χ4v) is 2.06. The molecular weight excluding hydrogens is 241 g/mol. The first-order valence-corrected chi connectivity index (χ1v) is 5.20. The molecule has 0 radical (unpaired) electrons. The highest BCUT2D eigenvalue weighted by atomic mass is 35.5. The Balaban J connectivity index is 2.69. The van der Waals surface area contributed by atoms with E-state index in [0.29, 0.717) is 27.0 Å². The maximum absolute atomic E-state index is 6.02. The van der Waals surface area contributed by atoms with E-state index in [2.05, 4.69) is 8.75 Å². The molecule has 0 aliphatic heterocycles. The minimum absolute atomic E-state index is 0.421. The van der Waals surface area contributed by atoms with Crippen molar-refractivity contribution in [2.45, 2.75) is 0 Å². The van der Waals surface area contributed by atoms with Crippen LogP contribution in [0.15, 0.2) is 18.3 Å². The molecule has 2 aromatic rings. The van der Waals surface area contributed by atoms with E-state index in [4.69, 9.17) is 28.9 Å². The van der Waals surface area contributed by atoms with E-state index in [1.54, 1.807) is 18.3 Å². The second kappa shape index (κ2) is 3.73. The maximum Gasteiger partial charge on any atom is 0.107 e. The smallest absolute Gasteiger partial charge is 0.107 e. The van der Waals surface area contributed by atoms with Crippen LogP contribution in [0.3, 0.4) is 0 Å². The van der Waals surface area contributed by atoms with Gasteiger partial charge in [0.15, 0.2) is 0 Å². The zero-order valence-corrected chi connectivity index (χ0v) is 9.20. The van der Waals surface area contributed by atoms with Crippen molar-refractivity contribution in [3.63, 3.8) is 0 Å². The molecule has 2 N–H and O–H groups in total. The van der Waals surface area contributed by atoms with Crippen molar-refractivity contribution in [3.05, 3.63) is 28.4 Å². The topological polar surface area (TPSA) is 51.8 Å². The van der Waals surface area contributed by atoms with Gasteiger partial charge in [0.05, 0.1) is 33.7 Å². The first kappa shape index (κ1) is 9.71. The molecule has 3 nitrogen and oxygen atoms in total. The lowest BCUT2D eigenvalue weighted by atomic mass is 10.1. The normalized spacial score (nSPS) is 10.4. The van der Waals surface area contributed by atoms with E-state index in [1.165, 1.54) is 0 Å². The van der Waals surface area contributed by atoms with E-state index in [1.807, 2.05) is 0 Å². The van der Waals surface area contributed by atoms with Gasteiger partial charge in [0.1, 0.15) is 5.69 Å². The van der Waals surface area contributed by atoms with Crippen molar-refractivity contribution in [1.29, 1.82) is 0 Å². The van der Waals surface area contributed by atoms with Crippen molar-refractivity contribution in [2.24, 2.45) is 0 Å². The van der Waals surface area contributed by atoms with Crippen LogP contribution in [-0.2, 0) is 0 Å². The number of nitrogens with two attached hydrogens (primary N) is 1. The first-order chi connectivity index (χ1) is 6.70.